The summed E-state index contributed by atoms with van der Waals surface area (Å²) >= 11 is 9.47. The average Bonchev–Trinajstić information content (AvgIpc) is 3.08. The van der Waals surface area contributed by atoms with Gasteiger partial charge in [0.15, 0.2) is 0 Å². The molecule has 1 N–H and O–H groups in total. The minimum atomic E-state index is 0.455. The van der Waals surface area contributed by atoms with Gasteiger partial charge in [-0.3, -0.25) is 0 Å². The van der Waals surface area contributed by atoms with Crippen molar-refractivity contribution < 1.29 is 4.74 Å². The van der Waals surface area contributed by atoms with Gasteiger partial charge in [0.05, 0.1) is 0 Å². The molecule has 1 aliphatic carbocycles. The van der Waals surface area contributed by atoms with E-state index in [1.54, 1.807) is 0 Å². The topological polar surface area (TPSA) is 21.3 Å². The molecule has 1 aliphatic rings. The molecule has 4 heteroatoms. The van der Waals surface area contributed by atoms with Gasteiger partial charge in [-0.05, 0) is 25.0 Å². The number of hydrogen-bond donors (Lipinski definition) is 1. The Morgan fingerprint density at radius 2 is 2.29 bits per heavy atom. The third-order valence-corrected chi connectivity index (χ3v) is 3.19. The third kappa shape index (κ3) is 4.02. The first-order valence-corrected chi connectivity index (χ1v) is 6.81. The number of ether oxygens (including phenoxy) is 1. The Morgan fingerprint density at radius 1 is 1.53 bits per heavy atom. The molecule has 0 aromatic heterocycles. The van der Waals surface area contributed by atoms with Crippen LogP contribution in [-0.2, 0) is 6.54 Å². The Morgan fingerprint density at radius 3 is 2.94 bits per heavy atom. The van der Waals surface area contributed by atoms with Crippen LogP contribution in [0, 0.1) is 0 Å². The van der Waals surface area contributed by atoms with E-state index in [0.29, 0.717) is 12.6 Å². The smallest absolute Gasteiger partial charge is 0.125 e. The van der Waals surface area contributed by atoms with E-state index in [1.165, 1.54) is 12.8 Å². The molecule has 0 spiro atoms. The van der Waals surface area contributed by atoms with Crippen molar-refractivity contribution in [3.05, 3.63) is 39.8 Å². The number of halogens is 2. The molecular formula is C13H15BrClNO. The summed E-state index contributed by atoms with van der Waals surface area (Å²) in [5.74, 6) is 0.825. The minimum absolute atomic E-state index is 0.455. The molecule has 0 bridgehead atoms. The quantitative estimate of drug-likeness (QED) is 0.860. The molecule has 1 fully saturated rings. The van der Waals surface area contributed by atoms with Crippen LogP contribution in [0.1, 0.15) is 18.4 Å². The summed E-state index contributed by atoms with van der Waals surface area (Å²) in [4.78, 5) is 0. The zero-order valence-electron chi connectivity index (χ0n) is 9.51. The van der Waals surface area contributed by atoms with Gasteiger partial charge >= 0.3 is 0 Å². The van der Waals surface area contributed by atoms with Gasteiger partial charge in [-0.25, -0.2) is 0 Å². The van der Waals surface area contributed by atoms with Gasteiger partial charge in [0.1, 0.15) is 12.4 Å². The highest BCUT2D eigenvalue weighted by molar-refractivity contribution is 9.11. The summed E-state index contributed by atoms with van der Waals surface area (Å²) in [6, 6.07) is 6.38. The van der Waals surface area contributed by atoms with E-state index in [9.17, 15) is 0 Å². The molecule has 0 aliphatic heterocycles. The van der Waals surface area contributed by atoms with Crippen LogP contribution in [0.2, 0.25) is 5.02 Å². The van der Waals surface area contributed by atoms with Gasteiger partial charge in [0, 0.05) is 27.7 Å². The highest BCUT2D eigenvalue weighted by Crippen LogP contribution is 2.28. The summed E-state index contributed by atoms with van der Waals surface area (Å²) in [6.07, 6.45) is 2.53. The number of hydrogen-bond acceptors (Lipinski definition) is 2. The fraction of sp³-hybridized carbons (Fsp3) is 0.385. The number of benzene rings is 1. The molecule has 2 rings (SSSR count). The predicted molar refractivity (Wildman–Crippen MR) is 74.9 cm³/mol. The lowest BCUT2D eigenvalue weighted by atomic mass is 10.2. The molecule has 0 unspecified atom stereocenters. The van der Waals surface area contributed by atoms with Gasteiger partial charge in [-0.1, -0.05) is 40.2 Å². The van der Waals surface area contributed by atoms with Crippen LogP contribution in [0.15, 0.2) is 29.3 Å². The second-order valence-electron chi connectivity index (χ2n) is 4.18. The van der Waals surface area contributed by atoms with Crippen LogP contribution in [0.3, 0.4) is 0 Å². The largest absolute Gasteiger partial charge is 0.488 e. The van der Waals surface area contributed by atoms with Crippen molar-refractivity contribution >= 4 is 27.5 Å². The van der Waals surface area contributed by atoms with Crippen molar-refractivity contribution in [3.8, 4) is 5.75 Å². The molecule has 92 valence electrons. The maximum atomic E-state index is 6.19. The summed E-state index contributed by atoms with van der Waals surface area (Å²) in [5.41, 5.74) is 1.02. The number of rotatable bonds is 6. The van der Waals surface area contributed by atoms with Crippen molar-refractivity contribution in [3.63, 3.8) is 0 Å². The maximum absolute atomic E-state index is 6.19. The molecule has 0 amide bonds. The molecule has 0 atom stereocenters. The van der Waals surface area contributed by atoms with Crippen LogP contribution >= 0.6 is 27.5 Å². The first kappa shape index (κ1) is 12.9. The van der Waals surface area contributed by atoms with Crippen molar-refractivity contribution in [2.24, 2.45) is 0 Å². The second kappa shape index (κ2) is 5.89. The van der Waals surface area contributed by atoms with Gasteiger partial charge in [-0.15, -0.1) is 0 Å². The molecule has 0 radical (unpaired) electrons. The van der Waals surface area contributed by atoms with Crippen LogP contribution in [0.25, 0.3) is 0 Å². The van der Waals surface area contributed by atoms with Crippen molar-refractivity contribution in [2.45, 2.75) is 25.4 Å². The summed E-state index contributed by atoms with van der Waals surface area (Å²) in [6.45, 7) is 4.96. The summed E-state index contributed by atoms with van der Waals surface area (Å²) < 4.78 is 6.48. The van der Waals surface area contributed by atoms with Gasteiger partial charge in [-0.2, -0.15) is 0 Å². The molecule has 1 aromatic carbocycles. The molecule has 1 aromatic rings. The normalized spacial score (nSPS) is 14.7. The maximum Gasteiger partial charge on any atom is 0.125 e. The van der Waals surface area contributed by atoms with Gasteiger partial charge < -0.3 is 10.1 Å². The first-order chi connectivity index (χ1) is 8.16. The Balaban J connectivity index is 2.05. The van der Waals surface area contributed by atoms with E-state index in [0.717, 1.165) is 27.4 Å². The van der Waals surface area contributed by atoms with E-state index in [1.807, 2.05) is 18.2 Å². The highest BCUT2D eigenvalue weighted by Gasteiger charge is 2.21. The van der Waals surface area contributed by atoms with Crippen molar-refractivity contribution in [2.75, 3.05) is 6.61 Å². The summed E-state index contributed by atoms with van der Waals surface area (Å²) in [7, 11) is 0. The van der Waals surface area contributed by atoms with Gasteiger partial charge in [0.2, 0.25) is 0 Å². The zero-order valence-corrected chi connectivity index (χ0v) is 11.9. The van der Waals surface area contributed by atoms with E-state index in [2.05, 4.69) is 27.8 Å². The predicted octanol–water partition coefficient (Wildman–Crippen LogP) is 3.88. The van der Waals surface area contributed by atoms with E-state index >= 15 is 0 Å². The molecule has 17 heavy (non-hydrogen) atoms. The van der Waals surface area contributed by atoms with Crippen molar-refractivity contribution in [1.82, 2.24) is 5.32 Å². The van der Waals surface area contributed by atoms with Crippen LogP contribution in [0.5, 0.6) is 5.75 Å². The molecule has 0 saturated heterocycles. The van der Waals surface area contributed by atoms with E-state index < -0.39 is 0 Å². The minimum Gasteiger partial charge on any atom is -0.488 e. The Labute approximate surface area is 115 Å². The fourth-order valence-electron chi connectivity index (χ4n) is 1.54. The summed E-state index contributed by atoms with van der Waals surface area (Å²) in [5, 5.41) is 4.19. The standard InChI is InChI=1S/C13H15BrClNO/c1-9(14)8-17-13-4-2-3-12(15)11(13)7-16-10-5-6-10/h2-4,10,16H,1,5-8H2. The van der Waals surface area contributed by atoms with Crippen LogP contribution < -0.4 is 10.1 Å². The highest BCUT2D eigenvalue weighted by atomic mass is 79.9. The molecular weight excluding hydrogens is 302 g/mol. The van der Waals surface area contributed by atoms with Crippen LogP contribution in [0.4, 0.5) is 0 Å². The Bertz CT molecular complexity index is 418. The molecule has 2 nitrogen and oxygen atoms in total. The van der Waals surface area contributed by atoms with Crippen molar-refractivity contribution in [1.29, 1.82) is 0 Å². The van der Waals surface area contributed by atoms with E-state index in [4.69, 9.17) is 16.3 Å². The monoisotopic (exact) mass is 315 g/mol. The third-order valence-electron chi connectivity index (χ3n) is 2.61. The average molecular weight is 317 g/mol. The van der Waals surface area contributed by atoms with Gasteiger partial charge in [0.25, 0.3) is 0 Å². The first-order valence-electron chi connectivity index (χ1n) is 5.63. The molecule has 1 saturated carbocycles. The lowest BCUT2D eigenvalue weighted by Crippen LogP contribution is -2.16. The fourth-order valence-corrected chi connectivity index (χ4v) is 1.88. The number of nitrogens with one attached hydrogen (secondary N) is 1. The van der Waals surface area contributed by atoms with Crippen LogP contribution in [-0.4, -0.2) is 12.6 Å². The SMILES string of the molecule is C=C(Br)COc1cccc(Cl)c1CNC1CC1. The zero-order chi connectivity index (χ0) is 12.3. The van der Waals surface area contributed by atoms with E-state index in [-0.39, 0.29) is 0 Å². The Hall–Kier alpha value is -0.510. The second-order valence-corrected chi connectivity index (χ2v) is 5.71. The molecule has 0 heterocycles. The lowest BCUT2D eigenvalue weighted by Gasteiger charge is -2.13. The lowest BCUT2D eigenvalue weighted by molar-refractivity contribution is 0.355. The Kier molecular flexibility index (Phi) is 4.48.